The minimum absolute atomic E-state index is 0.0901. The van der Waals surface area contributed by atoms with Gasteiger partial charge in [-0.15, -0.1) is 0 Å². The smallest absolute Gasteiger partial charge is 0.407 e. The van der Waals surface area contributed by atoms with Crippen molar-refractivity contribution in [3.8, 4) is 0 Å². The molecule has 0 fully saturated rings. The molecular weight excluding hydrogens is 430 g/mol. The van der Waals surface area contributed by atoms with E-state index in [0.29, 0.717) is 30.1 Å². The van der Waals surface area contributed by atoms with Crippen LogP contribution in [0.1, 0.15) is 44.7 Å². The molecule has 0 aromatic heterocycles. The summed E-state index contributed by atoms with van der Waals surface area (Å²) in [5.74, 6) is -0.339. The molecule has 0 heterocycles. The van der Waals surface area contributed by atoms with Crippen LogP contribution in [0, 0.1) is 0 Å². The summed E-state index contributed by atoms with van der Waals surface area (Å²) in [6.07, 6.45) is 0.464. The van der Waals surface area contributed by atoms with Crippen molar-refractivity contribution >= 4 is 35.2 Å². The number of nitrogens with one attached hydrogen (secondary N) is 3. The number of carbonyl (C=O) groups excluding carboxylic acids is 3. The van der Waals surface area contributed by atoms with Gasteiger partial charge in [0.15, 0.2) is 0 Å². The molecular formula is C24H30ClN3O4. The highest BCUT2D eigenvalue weighted by molar-refractivity contribution is 6.30. The maximum atomic E-state index is 12.3. The third kappa shape index (κ3) is 9.83. The van der Waals surface area contributed by atoms with E-state index in [4.69, 9.17) is 16.3 Å². The minimum Gasteiger partial charge on any atom is -0.444 e. The van der Waals surface area contributed by atoms with Crippen LogP contribution in [0.15, 0.2) is 48.5 Å². The number of aryl methyl sites for hydroxylation is 1. The fraction of sp³-hybridized carbons (Fsp3) is 0.375. The van der Waals surface area contributed by atoms with E-state index in [9.17, 15) is 14.4 Å². The predicted molar refractivity (Wildman–Crippen MR) is 126 cm³/mol. The SMILES string of the molecule is CC(C)(C)OC(=O)NCCC(=O)Nc1ccccc1CNC(=O)CCc1cccc(Cl)c1. The fourth-order valence-corrected chi connectivity index (χ4v) is 3.05. The van der Waals surface area contributed by atoms with Gasteiger partial charge in [0.1, 0.15) is 5.60 Å². The summed E-state index contributed by atoms with van der Waals surface area (Å²) in [4.78, 5) is 36.1. The van der Waals surface area contributed by atoms with Gasteiger partial charge in [0.05, 0.1) is 0 Å². The highest BCUT2D eigenvalue weighted by atomic mass is 35.5. The number of anilines is 1. The van der Waals surface area contributed by atoms with E-state index >= 15 is 0 Å². The zero-order valence-electron chi connectivity index (χ0n) is 18.7. The number of ether oxygens (including phenoxy) is 1. The molecule has 32 heavy (non-hydrogen) atoms. The van der Waals surface area contributed by atoms with Crippen molar-refractivity contribution in [2.75, 3.05) is 11.9 Å². The van der Waals surface area contributed by atoms with E-state index < -0.39 is 11.7 Å². The average molecular weight is 460 g/mol. The topological polar surface area (TPSA) is 96.5 Å². The molecule has 0 aliphatic heterocycles. The second-order valence-electron chi connectivity index (χ2n) is 8.29. The highest BCUT2D eigenvalue weighted by Gasteiger charge is 2.16. The molecule has 2 aromatic rings. The number of hydrogen-bond donors (Lipinski definition) is 3. The molecule has 172 valence electrons. The number of alkyl carbamates (subject to hydrolysis) is 1. The van der Waals surface area contributed by atoms with E-state index in [1.807, 2.05) is 30.3 Å². The lowest BCUT2D eigenvalue weighted by molar-refractivity contribution is -0.121. The van der Waals surface area contributed by atoms with Gasteiger partial charge in [0.2, 0.25) is 11.8 Å². The Kier molecular flexibility index (Phi) is 9.53. The van der Waals surface area contributed by atoms with Gasteiger partial charge in [-0.25, -0.2) is 4.79 Å². The Balaban J connectivity index is 1.78. The lowest BCUT2D eigenvalue weighted by Gasteiger charge is -2.19. The van der Waals surface area contributed by atoms with Crippen molar-refractivity contribution < 1.29 is 19.1 Å². The van der Waals surface area contributed by atoms with Crippen molar-refractivity contribution in [1.29, 1.82) is 0 Å². The zero-order chi connectivity index (χ0) is 23.6. The van der Waals surface area contributed by atoms with Gasteiger partial charge in [-0.3, -0.25) is 9.59 Å². The van der Waals surface area contributed by atoms with Gasteiger partial charge < -0.3 is 20.7 Å². The van der Waals surface area contributed by atoms with Crippen LogP contribution in [-0.4, -0.2) is 30.1 Å². The Morgan fingerprint density at radius 1 is 0.938 bits per heavy atom. The number of carbonyl (C=O) groups is 3. The molecule has 0 aliphatic rings. The first-order valence-corrected chi connectivity index (χ1v) is 10.9. The molecule has 2 aromatic carbocycles. The molecule has 2 rings (SSSR count). The molecule has 3 N–H and O–H groups in total. The van der Waals surface area contributed by atoms with E-state index in [1.165, 1.54) is 0 Å². The van der Waals surface area contributed by atoms with Gasteiger partial charge in [-0.05, 0) is 56.5 Å². The lowest BCUT2D eigenvalue weighted by Crippen LogP contribution is -2.34. The van der Waals surface area contributed by atoms with Crippen LogP contribution in [0.25, 0.3) is 0 Å². The molecule has 7 nitrogen and oxygen atoms in total. The molecule has 0 saturated heterocycles. The lowest BCUT2D eigenvalue weighted by atomic mass is 10.1. The van der Waals surface area contributed by atoms with Crippen LogP contribution < -0.4 is 16.0 Å². The summed E-state index contributed by atoms with van der Waals surface area (Å²) in [5.41, 5.74) is 1.81. The molecule has 0 radical (unpaired) electrons. The molecule has 0 unspecified atom stereocenters. The van der Waals surface area contributed by atoms with Gasteiger partial charge in [0.25, 0.3) is 0 Å². The second kappa shape index (κ2) is 12.1. The van der Waals surface area contributed by atoms with Gasteiger partial charge in [0, 0.05) is 36.6 Å². The number of amides is 3. The predicted octanol–water partition coefficient (Wildman–Crippen LogP) is 4.44. The van der Waals surface area contributed by atoms with Crippen molar-refractivity contribution in [1.82, 2.24) is 10.6 Å². The van der Waals surface area contributed by atoms with E-state index in [1.54, 1.807) is 39.0 Å². The maximum absolute atomic E-state index is 12.3. The Hall–Kier alpha value is -3.06. The summed E-state index contributed by atoms with van der Waals surface area (Å²) < 4.78 is 5.14. The third-order valence-electron chi connectivity index (χ3n) is 4.32. The minimum atomic E-state index is -0.593. The highest BCUT2D eigenvalue weighted by Crippen LogP contribution is 2.16. The van der Waals surface area contributed by atoms with E-state index in [-0.39, 0.29) is 24.8 Å². The fourth-order valence-electron chi connectivity index (χ4n) is 2.83. The molecule has 0 atom stereocenters. The number of rotatable bonds is 9. The number of para-hydroxylation sites is 1. The molecule has 8 heteroatoms. The van der Waals surface area contributed by atoms with Crippen molar-refractivity contribution in [2.24, 2.45) is 0 Å². The van der Waals surface area contributed by atoms with Crippen LogP contribution >= 0.6 is 11.6 Å². The van der Waals surface area contributed by atoms with Crippen LogP contribution in [0.4, 0.5) is 10.5 Å². The van der Waals surface area contributed by atoms with Crippen molar-refractivity contribution in [2.45, 2.75) is 52.2 Å². The maximum Gasteiger partial charge on any atom is 0.407 e. The van der Waals surface area contributed by atoms with E-state index in [2.05, 4.69) is 16.0 Å². The summed E-state index contributed by atoms with van der Waals surface area (Å²) in [5, 5.41) is 8.91. The number of benzene rings is 2. The Bertz CT molecular complexity index is 941. The molecule has 0 spiro atoms. The van der Waals surface area contributed by atoms with E-state index in [0.717, 1.165) is 11.1 Å². The normalized spacial score (nSPS) is 10.9. The molecule has 0 bridgehead atoms. The van der Waals surface area contributed by atoms with Crippen LogP contribution in [0.5, 0.6) is 0 Å². The standard InChI is InChI=1S/C24H30ClN3O4/c1-24(2,3)32-23(31)26-14-13-22(30)28-20-10-5-4-8-18(20)16-27-21(29)12-11-17-7-6-9-19(25)15-17/h4-10,15H,11-14,16H2,1-3H3,(H,26,31)(H,27,29)(H,28,30). The number of halogens is 1. The Morgan fingerprint density at radius 2 is 1.69 bits per heavy atom. The quantitative estimate of drug-likeness (QED) is 0.516. The largest absolute Gasteiger partial charge is 0.444 e. The third-order valence-corrected chi connectivity index (χ3v) is 4.55. The Morgan fingerprint density at radius 3 is 2.41 bits per heavy atom. The van der Waals surface area contributed by atoms with Crippen molar-refractivity contribution in [3.63, 3.8) is 0 Å². The summed E-state index contributed by atoms with van der Waals surface area (Å²) in [7, 11) is 0. The van der Waals surface area contributed by atoms with Crippen LogP contribution in [0.2, 0.25) is 5.02 Å². The average Bonchev–Trinajstić information content (AvgIpc) is 2.70. The molecule has 0 saturated carbocycles. The summed E-state index contributed by atoms with van der Waals surface area (Å²) >= 11 is 5.97. The van der Waals surface area contributed by atoms with Gasteiger partial charge >= 0.3 is 6.09 Å². The zero-order valence-corrected chi connectivity index (χ0v) is 19.4. The summed E-state index contributed by atoms with van der Waals surface area (Å²) in [6, 6.07) is 14.7. The monoisotopic (exact) mass is 459 g/mol. The second-order valence-corrected chi connectivity index (χ2v) is 8.73. The van der Waals surface area contributed by atoms with Gasteiger partial charge in [-0.1, -0.05) is 41.9 Å². The number of hydrogen-bond acceptors (Lipinski definition) is 4. The summed E-state index contributed by atoms with van der Waals surface area (Å²) in [6.45, 7) is 5.76. The first-order chi connectivity index (χ1) is 15.1. The van der Waals surface area contributed by atoms with Gasteiger partial charge in [-0.2, -0.15) is 0 Å². The van der Waals surface area contributed by atoms with Crippen LogP contribution in [0.3, 0.4) is 0 Å². The molecule has 0 aliphatic carbocycles. The Labute approximate surface area is 193 Å². The first-order valence-electron chi connectivity index (χ1n) is 10.5. The molecule has 3 amide bonds. The first kappa shape index (κ1) is 25.2. The van der Waals surface area contributed by atoms with Crippen molar-refractivity contribution in [3.05, 3.63) is 64.7 Å². The van der Waals surface area contributed by atoms with Crippen LogP contribution in [-0.2, 0) is 27.3 Å².